The third kappa shape index (κ3) is 3.34. The lowest BCUT2D eigenvalue weighted by Crippen LogP contribution is -2.55. The first-order chi connectivity index (χ1) is 14.5. The number of pyridine rings is 1. The third-order valence-corrected chi connectivity index (χ3v) is 5.38. The Kier molecular flexibility index (Phi) is 4.34. The number of aromatic nitrogens is 3. The van der Waals surface area contributed by atoms with Crippen molar-refractivity contribution in [3.63, 3.8) is 0 Å². The number of carbonyl (C=O) groups is 1. The number of hydrogen-bond acceptors (Lipinski definition) is 4. The zero-order valence-corrected chi connectivity index (χ0v) is 15.9. The second-order valence-electron chi connectivity index (χ2n) is 7.38. The third-order valence-electron chi connectivity index (χ3n) is 5.38. The quantitative estimate of drug-likeness (QED) is 0.555. The highest BCUT2D eigenvalue weighted by atomic mass is 19.3. The van der Waals surface area contributed by atoms with Crippen LogP contribution in [0.1, 0.15) is 16.8 Å². The molecule has 3 heterocycles. The van der Waals surface area contributed by atoms with E-state index in [2.05, 4.69) is 15.2 Å². The van der Waals surface area contributed by atoms with Crippen LogP contribution in [0, 0.1) is 0 Å². The molecule has 2 aromatic carbocycles. The van der Waals surface area contributed by atoms with Crippen LogP contribution in [0.25, 0.3) is 21.8 Å². The Balaban J connectivity index is 1.37. The number of nitrogens with zero attached hydrogens (tertiary/aromatic N) is 3. The lowest BCUT2D eigenvalue weighted by atomic mass is 10.0. The number of hydrogen-bond donors (Lipinski definition) is 1. The van der Waals surface area contributed by atoms with E-state index in [1.54, 1.807) is 42.6 Å². The smallest absolute Gasteiger partial charge is 0.287 e. The summed E-state index contributed by atoms with van der Waals surface area (Å²) >= 11 is 0. The fourth-order valence-electron chi connectivity index (χ4n) is 3.70. The molecule has 1 saturated heterocycles. The molecule has 1 amide bonds. The Morgan fingerprint density at radius 2 is 2.00 bits per heavy atom. The molecule has 30 heavy (non-hydrogen) atoms. The summed E-state index contributed by atoms with van der Waals surface area (Å²) in [4.78, 5) is 18.7. The molecule has 1 N–H and O–H groups in total. The van der Waals surface area contributed by atoms with Crippen LogP contribution in [-0.2, 0) is 0 Å². The molecule has 1 atom stereocenters. The molecule has 1 aliphatic rings. The minimum absolute atomic E-state index is 0.0414. The Hall–Kier alpha value is -3.55. The first-order valence-electron chi connectivity index (χ1n) is 9.62. The van der Waals surface area contributed by atoms with E-state index >= 15 is 0 Å². The summed E-state index contributed by atoms with van der Waals surface area (Å²) in [6.45, 7) is -0.260. The normalized spacial score (nSPS) is 18.6. The Morgan fingerprint density at radius 1 is 1.13 bits per heavy atom. The summed E-state index contributed by atoms with van der Waals surface area (Å²) in [7, 11) is 0. The molecule has 8 heteroatoms. The van der Waals surface area contributed by atoms with Crippen LogP contribution in [0.5, 0.6) is 5.88 Å². The van der Waals surface area contributed by atoms with Gasteiger partial charge in [0.2, 0.25) is 5.88 Å². The average molecular weight is 408 g/mol. The largest absolute Gasteiger partial charge is 0.466 e. The van der Waals surface area contributed by atoms with Crippen molar-refractivity contribution in [1.29, 1.82) is 0 Å². The average Bonchev–Trinajstić information content (AvgIpc) is 3.22. The van der Waals surface area contributed by atoms with E-state index in [4.69, 9.17) is 4.74 Å². The summed E-state index contributed by atoms with van der Waals surface area (Å²) in [6.07, 6.45) is -0.319. The topological polar surface area (TPSA) is 71.1 Å². The predicted molar refractivity (Wildman–Crippen MR) is 108 cm³/mol. The van der Waals surface area contributed by atoms with Crippen molar-refractivity contribution in [3.05, 3.63) is 66.4 Å². The number of nitrogens with one attached hydrogen (secondary N) is 1. The highest BCUT2D eigenvalue weighted by Gasteiger charge is 2.47. The van der Waals surface area contributed by atoms with E-state index in [9.17, 15) is 13.6 Å². The molecular formula is C22H18F2N4O2. The number of rotatable bonds is 3. The molecule has 4 aromatic rings. The van der Waals surface area contributed by atoms with Crippen molar-refractivity contribution in [2.75, 3.05) is 13.1 Å². The van der Waals surface area contributed by atoms with Crippen molar-refractivity contribution in [1.82, 2.24) is 20.1 Å². The van der Waals surface area contributed by atoms with Crippen LogP contribution in [0.4, 0.5) is 8.78 Å². The first kappa shape index (κ1) is 18.5. The molecule has 6 nitrogen and oxygen atoms in total. The number of aromatic amines is 1. The maximum atomic E-state index is 14.6. The van der Waals surface area contributed by atoms with Gasteiger partial charge in [0.1, 0.15) is 0 Å². The number of benzene rings is 2. The molecule has 2 aromatic heterocycles. The number of piperidine rings is 1. The fourth-order valence-corrected chi connectivity index (χ4v) is 3.70. The molecular weight excluding hydrogens is 390 g/mol. The number of likely N-dealkylation sites (tertiary alicyclic amines) is 1. The van der Waals surface area contributed by atoms with Gasteiger partial charge in [-0.25, -0.2) is 13.8 Å². The van der Waals surface area contributed by atoms with E-state index < -0.39 is 18.4 Å². The van der Waals surface area contributed by atoms with Gasteiger partial charge in [-0.1, -0.05) is 18.2 Å². The van der Waals surface area contributed by atoms with Crippen LogP contribution in [0.3, 0.4) is 0 Å². The van der Waals surface area contributed by atoms with E-state index in [-0.39, 0.29) is 24.9 Å². The number of carbonyl (C=O) groups excluding carboxylic acids is 1. The SMILES string of the molecule is O=C(c1ccc2[nH]ncc2c1)N1CCC(F)(F)[C@@H](Oc2ccc3ccccc3n2)C1. The molecule has 0 unspecified atom stereocenters. The summed E-state index contributed by atoms with van der Waals surface area (Å²) in [5, 5.41) is 8.44. The van der Waals surface area contributed by atoms with Gasteiger partial charge in [0.05, 0.1) is 23.8 Å². The Morgan fingerprint density at radius 3 is 2.90 bits per heavy atom. The predicted octanol–water partition coefficient (Wildman–Crippen LogP) is 4.04. The van der Waals surface area contributed by atoms with Crippen molar-refractivity contribution in [2.45, 2.75) is 18.4 Å². The number of amides is 1. The molecule has 0 bridgehead atoms. The second kappa shape index (κ2) is 7.05. The first-order valence-corrected chi connectivity index (χ1v) is 9.62. The summed E-state index contributed by atoms with van der Waals surface area (Å²) < 4.78 is 34.7. The van der Waals surface area contributed by atoms with E-state index in [1.165, 1.54) is 4.90 Å². The van der Waals surface area contributed by atoms with E-state index in [0.29, 0.717) is 11.1 Å². The van der Waals surface area contributed by atoms with Crippen molar-refractivity contribution in [3.8, 4) is 5.88 Å². The van der Waals surface area contributed by atoms with Gasteiger partial charge in [-0.3, -0.25) is 9.89 Å². The van der Waals surface area contributed by atoms with Gasteiger partial charge in [0.15, 0.2) is 6.10 Å². The van der Waals surface area contributed by atoms with E-state index in [0.717, 1.165) is 16.3 Å². The van der Waals surface area contributed by atoms with Crippen LogP contribution in [-0.4, -0.2) is 51.1 Å². The minimum Gasteiger partial charge on any atom is -0.466 e. The van der Waals surface area contributed by atoms with Crippen LogP contribution >= 0.6 is 0 Å². The maximum Gasteiger partial charge on any atom is 0.287 e. The Bertz CT molecular complexity index is 1240. The Labute approximate surface area is 170 Å². The van der Waals surface area contributed by atoms with Gasteiger partial charge in [-0.15, -0.1) is 0 Å². The summed E-state index contributed by atoms with van der Waals surface area (Å²) in [5.41, 5.74) is 1.90. The minimum atomic E-state index is -3.06. The molecule has 0 spiro atoms. The number of fused-ring (bicyclic) bond motifs is 2. The number of para-hydroxylation sites is 1. The number of H-pyrrole nitrogens is 1. The molecule has 1 aliphatic heterocycles. The van der Waals surface area contributed by atoms with E-state index in [1.807, 2.05) is 18.2 Å². The highest BCUT2D eigenvalue weighted by Crippen LogP contribution is 2.32. The lowest BCUT2D eigenvalue weighted by Gasteiger charge is -2.38. The maximum absolute atomic E-state index is 14.6. The molecule has 0 saturated carbocycles. The van der Waals surface area contributed by atoms with Crippen molar-refractivity contribution >= 4 is 27.7 Å². The van der Waals surface area contributed by atoms with Crippen LogP contribution < -0.4 is 4.74 Å². The molecule has 1 fully saturated rings. The van der Waals surface area contributed by atoms with Gasteiger partial charge in [0, 0.05) is 35.4 Å². The van der Waals surface area contributed by atoms with Gasteiger partial charge in [0.25, 0.3) is 11.8 Å². The van der Waals surface area contributed by atoms with Gasteiger partial charge >= 0.3 is 0 Å². The standard InChI is InChI=1S/C22H18F2N4O2/c23-22(24)9-10-28(21(29)15-5-7-18-16(11-15)12-25-27-18)13-19(22)30-20-8-6-14-3-1-2-4-17(14)26-20/h1-8,11-12,19H,9-10,13H2,(H,25,27)/t19-/m0/s1. The van der Waals surface area contributed by atoms with Crippen molar-refractivity contribution in [2.24, 2.45) is 0 Å². The fraction of sp³-hybridized carbons (Fsp3) is 0.227. The van der Waals surface area contributed by atoms with Crippen molar-refractivity contribution < 1.29 is 18.3 Å². The molecule has 5 rings (SSSR count). The summed E-state index contributed by atoms with van der Waals surface area (Å²) in [6, 6.07) is 15.9. The molecule has 0 aliphatic carbocycles. The van der Waals surface area contributed by atoms with Crippen LogP contribution in [0.15, 0.2) is 60.8 Å². The molecule has 152 valence electrons. The highest BCUT2D eigenvalue weighted by molar-refractivity contribution is 5.98. The summed E-state index contributed by atoms with van der Waals surface area (Å²) in [5.74, 6) is -3.25. The van der Waals surface area contributed by atoms with Crippen LogP contribution in [0.2, 0.25) is 0 Å². The molecule has 0 radical (unpaired) electrons. The second-order valence-corrected chi connectivity index (χ2v) is 7.38. The number of ether oxygens (including phenoxy) is 1. The number of alkyl halides is 2. The monoisotopic (exact) mass is 408 g/mol. The van der Waals surface area contributed by atoms with Gasteiger partial charge < -0.3 is 9.64 Å². The van der Waals surface area contributed by atoms with Gasteiger partial charge in [-0.05, 0) is 30.3 Å². The lowest BCUT2D eigenvalue weighted by molar-refractivity contribution is -0.131. The van der Waals surface area contributed by atoms with Gasteiger partial charge in [-0.2, -0.15) is 5.10 Å². The zero-order valence-electron chi connectivity index (χ0n) is 15.9. The zero-order chi connectivity index (χ0) is 20.7. The number of halogens is 2.